The predicted octanol–water partition coefficient (Wildman–Crippen LogP) is 1.59. The molecule has 1 aliphatic heterocycles. The Morgan fingerprint density at radius 1 is 1.29 bits per heavy atom. The molecule has 146 valence electrons. The van der Waals surface area contributed by atoms with E-state index in [-0.39, 0.29) is 29.6 Å². The molecule has 3 heterocycles. The molecule has 3 N–H and O–H groups in total. The summed E-state index contributed by atoms with van der Waals surface area (Å²) in [5, 5.41) is 21.3. The standard InChI is InChI=1S/C19H22N6O3/c20-9-14(28-19-23-16-11-21-6-3-15(16)17(26)24-19)10-22-13-4-7-25(8-5-13)18(27)12-1-2-12/h3,6,9-13,20,22H,1-2,4-5,7-8H2,(H,23,24,26)/b14-10+,20-9?. The Morgan fingerprint density at radius 3 is 2.79 bits per heavy atom. The molecule has 1 saturated heterocycles. The number of rotatable bonds is 6. The molecule has 4 rings (SSSR count). The summed E-state index contributed by atoms with van der Waals surface area (Å²) in [6.45, 7) is 1.49. The normalized spacial score (nSPS) is 18.1. The van der Waals surface area contributed by atoms with Crippen molar-refractivity contribution in [1.29, 1.82) is 5.41 Å². The first kappa shape index (κ1) is 18.1. The zero-order valence-electron chi connectivity index (χ0n) is 15.3. The van der Waals surface area contributed by atoms with Crippen LogP contribution in [0.25, 0.3) is 10.9 Å². The van der Waals surface area contributed by atoms with Crippen molar-refractivity contribution in [3.63, 3.8) is 0 Å². The van der Waals surface area contributed by atoms with Crippen LogP contribution in [0, 0.1) is 11.3 Å². The van der Waals surface area contributed by atoms with E-state index in [0.29, 0.717) is 16.8 Å². The average molecular weight is 382 g/mol. The van der Waals surface area contributed by atoms with Crippen LogP contribution in [-0.4, -0.2) is 56.2 Å². The number of carbonyl (C=O) groups is 1. The van der Waals surface area contributed by atoms with Gasteiger partial charge in [0, 0.05) is 37.4 Å². The lowest BCUT2D eigenvalue weighted by molar-refractivity contribution is -0.133. The lowest BCUT2D eigenvalue weighted by Crippen LogP contribution is -2.44. The highest BCUT2D eigenvalue weighted by molar-refractivity contribution is 5.82. The first-order chi connectivity index (χ1) is 13.6. The summed E-state index contributed by atoms with van der Waals surface area (Å²) in [5.74, 6) is 0.572. The largest absolute Gasteiger partial charge is 0.493 e. The lowest BCUT2D eigenvalue weighted by atomic mass is 10.0. The number of nitrogens with one attached hydrogen (secondary N) is 2. The van der Waals surface area contributed by atoms with Crippen LogP contribution in [0.4, 0.5) is 0 Å². The maximum absolute atomic E-state index is 12.1. The van der Waals surface area contributed by atoms with Gasteiger partial charge in [0.2, 0.25) is 11.8 Å². The van der Waals surface area contributed by atoms with Crippen LogP contribution in [0.3, 0.4) is 0 Å². The van der Waals surface area contributed by atoms with Crippen molar-refractivity contribution < 1.29 is 14.6 Å². The van der Waals surface area contributed by atoms with Crippen LogP contribution >= 0.6 is 0 Å². The van der Waals surface area contributed by atoms with Gasteiger partial charge in [0.15, 0.2) is 5.76 Å². The molecule has 1 saturated carbocycles. The molecular weight excluding hydrogens is 360 g/mol. The number of piperidine rings is 1. The van der Waals surface area contributed by atoms with Gasteiger partial charge in [-0.25, -0.2) is 0 Å². The highest BCUT2D eigenvalue weighted by atomic mass is 16.5. The molecule has 1 aliphatic carbocycles. The van der Waals surface area contributed by atoms with Crippen molar-refractivity contribution >= 4 is 23.0 Å². The Labute approximate surface area is 162 Å². The Kier molecular flexibility index (Phi) is 5.05. The molecule has 1 amide bonds. The summed E-state index contributed by atoms with van der Waals surface area (Å²) >= 11 is 0. The van der Waals surface area contributed by atoms with E-state index in [1.54, 1.807) is 18.5 Å². The summed E-state index contributed by atoms with van der Waals surface area (Å²) in [5.41, 5.74) is 0.454. The van der Waals surface area contributed by atoms with E-state index in [4.69, 9.17) is 10.1 Å². The smallest absolute Gasteiger partial charge is 0.326 e. The van der Waals surface area contributed by atoms with Crippen LogP contribution in [0.15, 0.2) is 30.4 Å². The predicted molar refractivity (Wildman–Crippen MR) is 102 cm³/mol. The lowest BCUT2D eigenvalue weighted by Gasteiger charge is -2.32. The number of aromatic hydroxyl groups is 1. The number of carbonyl (C=O) groups excluding carboxylic acids is 1. The number of allylic oxidation sites excluding steroid dienone is 1. The average Bonchev–Trinajstić information content (AvgIpc) is 3.56. The maximum Gasteiger partial charge on any atom is 0.326 e. The summed E-state index contributed by atoms with van der Waals surface area (Å²) in [4.78, 5) is 26.1. The van der Waals surface area contributed by atoms with E-state index in [1.807, 2.05) is 4.90 Å². The van der Waals surface area contributed by atoms with E-state index in [2.05, 4.69) is 20.3 Å². The van der Waals surface area contributed by atoms with Crippen molar-refractivity contribution in [2.75, 3.05) is 13.1 Å². The number of hydrogen-bond donors (Lipinski definition) is 3. The quantitative estimate of drug-likeness (QED) is 0.512. The fourth-order valence-electron chi connectivity index (χ4n) is 3.25. The first-order valence-electron chi connectivity index (χ1n) is 9.38. The zero-order chi connectivity index (χ0) is 19.5. The third kappa shape index (κ3) is 4.03. The molecule has 0 unspecified atom stereocenters. The molecule has 28 heavy (non-hydrogen) atoms. The van der Waals surface area contributed by atoms with E-state index >= 15 is 0 Å². The fourth-order valence-corrected chi connectivity index (χ4v) is 3.25. The van der Waals surface area contributed by atoms with Gasteiger partial charge in [-0.1, -0.05) is 0 Å². The zero-order valence-corrected chi connectivity index (χ0v) is 15.3. The van der Waals surface area contributed by atoms with Gasteiger partial charge in [-0.2, -0.15) is 9.97 Å². The van der Waals surface area contributed by atoms with Crippen LogP contribution in [0.1, 0.15) is 25.7 Å². The second-order valence-corrected chi connectivity index (χ2v) is 7.06. The molecule has 2 aromatic rings. The number of likely N-dealkylation sites (tertiary alicyclic amines) is 1. The molecule has 9 nitrogen and oxygen atoms in total. The van der Waals surface area contributed by atoms with E-state index in [0.717, 1.165) is 45.0 Å². The molecule has 2 aromatic heterocycles. The van der Waals surface area contributed by atoms with Gasteiger partial charge in [0.1, 0.15) is 0 Å². The summed E-state index contributed by atoms with van der Waals surface area (Å²) in [6, 6.07) is 1.76. The number of aromatic nitrogens is 3. The highest BCUT2D eigenvalue weighted by Gasteiger charge is 2.34. The first-order valence-corrected chi connectivity index (χ1v) is 9.38. The van der Waals surface area contributed by atoms with E-state index in [1.165, 1.54) is 6.20 Å². The van der Waals surface area contributed by atoms with Crippen molar-refractivity contribution in [2.45, 2.75) is 31.7 Å². The van der Waals surface area contributed by atoms with Crippen LogP contribution in [0.2, 0.25) is 0 Å². The van der Waals surface area contributed by atoms with Gasteiger partial charge in [0.25, 0.3) is 0 Å². The highest BCUT2D eigenvalue weighted by Crippen LogP contribution is 2.32. The van der Waals surface area contributed by atoms with Crippen LogP contribution in [-0.2, 0) is 4.79 Å². The molecule has 2 aliphatic rings. The number of amides is 1. The second kappa shape index (κ2) is 7.79. The van der Waals surface area contributed by atoms with Gasteiger partial charge in [-0.15, -0.1) is 0 Å². The van der Waals surface area contributed by atoms with Gasteiger partial charge in [0.05, 0.1) is 23.3 Å². The number of pyridine rings is 1. The van der Waals surface area contributed by atoms with E-state index < -0.39 is 0 Å². The van der Waals surface area contributed by atoms with Gasteiger partial charge >= 0.3 is 6.01 Å². The van der Waals surface area contributed by atoms with Crippen molar-refractivity contribution in [3.8, 4) is 11.9 Å². The molecule has 2 fully saturated rings. The molecular formula is C19H22N6O3. The van der Waals surface area contributed by atoms with Gasteiger partial charge in [-0.05, 0) is 31.7 Å². The number of nitrogens with zero attached hydrogens (tertiary/aromatic N) is 4. The second-order valence-electron chi connectivity index (χ2n) is 7.06. The molecule has 0 atom stereocenters. The molecule has 9 heteroatoms. The Bertz CT molecular complexity index is 919. The molecule has 0 bridgehead atoms. The summed E-state index contributed by atoms with van der Waals surface area (Å²) in [7, 11) is 0. The maximum atomic E-state index is 12.1. The summed E-state index contributed by atoms with van der Waals surface area (Å²) < 4.78 is 5.52. The SMILES string of the molecule is N=C/C(=C\NC1CCN(C(=O)C2CC2)CC1)Oc1nc(O)c2ccncc2n1. The third-order valence-electron chi connectivity index (χ3n) is 5.00. The fraction of sp³-hybridized carbons (Fsp3) is 0.421. The number of hydrogen-bond acceptors (Lipinski definition) is 8. The minimum Gasteiger partial charge on any atom is -0.493 e. The van der Waals surface area contributed by atoms with Crippen LogP contribution < -0.4 is 10.1 Å². The minimum atomic E-state index is -0.201. The molecule has 0 aromatic carbocycles. The Hall–Kier alpha value is -3.23. The minimum absolute atomic E-state index is 0.0561. The van der Waals surface area contributed by atoms with Gasteiger partial charge < -0.3 is 25.5 Å². The Balaban J connectivity index is 1.36. The van der Waals surface area contributed by atoms with Crippen molar-refractivity contribution in [2.24, 2.45) is 5.92 Å². The molecule has 0 spiro atoms. The topological polar surface area (TPSA) is 124 Å². The van der Waals surface area contributed by atoms with E-state index in [9.17, 15) is 9.90 Å². The Morgan fingerprint density at radius 2 is 2.07 bits per heavy atom. The van der Waals surface area contributed by atoms with Crippen molar-refractivity contribution in [3.05, 3.63) is 30.4 Å². The number of ether oxygens (including phenoxy) is 1. The third-order valence-corrected chi connectivity index (χ3v) is 5.00. The van der Waals surface area contributed by atoms with Gasteiger partial charge in [-0.3, -0.25) is 9.78 Å². The molecule has 0 radical (unpaired) electrons. The number of fused-ring (bicyclic) bond motifs is 1. The van der Waals surface area contributed by atoms with Crippen molar-refractivity contribution in [1.82, 2.24) is 25.2 Å². The summed E-state index contributed by atoms with van der Waals surface area (Å²) in [6.07, 6.45) is 9.45. The monoisotopic (exact) mass is 382 g/mol. The van der Waals surface area contributed by atoms with Crippen LogP contribution in [0.5, 0.6) is 11.9 Å².